The van der Waals surface area contributed by atoms with Gasteiger partial charge in [0.1, 0.15) is 0 Å². The lowest BCUT2D eigenvalue weighted by atomic mass is 9.91. The van der Waals surface area contributed by atoms with Gasteiger partial charge in [-0.3, -0.25) is 4.79 Å². The SMILES string of the molecule is COc1ccccc1OCC(=O)NC[C@H](c1ccccc1Cl)c1c[nH]c2ccccc12. The summed E-state index contributed by atoms with van der Waals surface area (Å²) in [5, 5.41) is 4.76. The van der Waals surface area contributed by atoms with Crippen LogP contribution < -0.4 is 14.8 Å². The number of hydrogen-bond acceptors (Lipinski definition) is 3. The van der Waals surface area contributed by atoms with Gasteiger partial charge in [0.15, 0.2) is 18.1 Å². The lowest BCUT2D eigenvalue weighted by molar-refractivity contribution is -0.123. The van der Waals surface area contributed by atoms with Crippen molar-refractivity contribution in [1.82, 2.24) is 10.3 Å². The molecule has 6 heteroatoms. The zero-order valence-electron chi connectivity index (χ0n) is 17.1. The fraction of sp³-hybridized carbons (Fsp3) is 0.160. The van der Waals surface area contributed by atoms with E-state index in [0.29, 0.717) is 23.1 Å². The molecule has 31 heavy (non-hydrogen) atoms. The summed E-state index contributed by atoms with van der Waals surface area (Å²) >= 11 is 6.52. The molecule has 0 unspecified atom stereocenters. The van der Waals surface area contributed by atoms with E-state index in [0.717, 1.165) is 22.0 Å². The third kappa shape index (κ3) is 4.67. The minimum atomic E-state index is -0.220. The van der Waals surface area contributed by atoms with Crippen LogP contribution >= 0.6 is 11.6 Å². The molecule has 0 saturated carbocycles. The third-order valence-electron chi connectivity index (χ3n) is 5.21. The number of ether oxygens (including phenoxy) is 2. The average Bonchev–Trinajstić information content (AvgIpc) is 3.23. The van der Waals surface area contributed by atoms with Crippen LogP contribution in [0.25, 0.3) is 10.9 Å². The Morgan fingerprint density at radius 1 is 0.968 bits per heavy atom. The number of rotatable bonds is 8. The zero-order valence-corrected chi connectivity index (χ0v) is 17.9. The molecule has 0 fully saturated rings. The van der Waals surface area contributed by atoms with Gasteiger partial charge in [-0.15, -0.1) is 0 Å². The van der Waals surface area contributed by atoms with E-state index in [1.807, 2.05) is 60.8 Å². The first-order valence-electron chi connectivity index (χ1n) is 10.0. The van der Waals surface area contributed by atoms with Crippen LogP contribution in [0.15, 0.2) is 79.0 Å². The number of H-pyrrole nitrogens is 1. The first-order valence-corrected chi connectivity index (χ1v) is 10.4. The number of aromatic amines is 1. The Labute approximate surface area is 186 Å². The van der Waals surface area contributed by atoms with E-state index < -0.39 is 0 Å². The summed E-state index contributed by atoms with van der Waals surface area (Å²) in [6, 6.07) is 23.0. The summed E-state index contributed by atoms with van der Waals surface area (Å²) < 4.78 is 10.9. The van der Waals surface area contributed by atoms with Crippen LogP contribution in [0.4, 0.5) is 0 Å². The molecule has 0 aliphatic carbocycles. The fourth-order valence-electron chi connectivity index (χ4n) is 3.68. The molecule has 1 aromatic heterocycles. The predicted octanol–water partition coefficient (Wildman–Crippen LogP) is 5.16. The number of para-hydroxylation sites is 3. The number of nitrogens with one attached hydrogen (secondary N) is 2. The quantitative estimate of drug-likeness (QED) is 0.402. The number of carbonyl (C=O) groups excluding carboxylic acids is 1. The second kappa shape index (κ2) is 9.58. The molecule has 1 atom stereocenters. The molecule has 5 nitrogen and oxygen atoms in total. The third-order valence-corrected chi connectivity index (χ3v) is 5.55. The van der Waals surface area contributed by atoms with Crippen LogP contribution in [0.3, 0.4) is 0 Å². The van der Waals surface area contributed by atoms with Gasteiger partial charge in [0.2, 0.25) is 0 Å². The smallest absolute Gasteiger partial charge is 0.257 e. The van der Waals surface area contributed by atoms with E-state index in [1.54, 1.807) is 19.2 Å². The maximum absolute atomic E-state index is 12.6. The maximum atomic E-state index is 12.6. The molecule has 1 heterocycles. The Bertz CT molecular complexity index is 1190. The summed E-state index contributed by atoms with van der Waals surface area (Å²) in [6.07, 6.45) is 1.98. The zero-order chi connectivity index (χ0) is 21.6. The highest BCUT2D eigenvalue weighted by atomic mass is 35.5. The van der Waals surface area contributed by atoms with E-state index in [1.165, 1.54) is 0 Å². The van der Waals surface area contributed by atoms with Gasteiger partial charge in [-0.1, -0.05) is 60.1 Å². The molecular weight excluding hydrogens is 412 g/mol. The fourth-order valence-corrected chi connectivity index (χ4v) is 3.94. The van der Waals surface area contributed by atoms with Crippen molar-refractivity contribution >= 4 is 28.4 Å². The van der Waals surface area contributed by atoms with Crippen LogP contribution in [0.2, 0.25) is 5.02 Å². The van der Waals surface area contributed by atoms with Crippen molar-refractivity contribution in [2.24, 2.45) is 0 Å². The number of methoxy groups -OCH3 is 1. The number of hydrogen-bond donors (Lipinski definition) is 2. The predicted molar refractivity (Wildman–Crippen MR) is 123 cm³/mol. The molecule has 0 bridgehead atoms. The summed E-state index contributed by atoms with van der Waals surface area (Å²) in [7, 11) is 1.57. The Balaban J connectivity index is 1.52. The molecular formula is C25H23ClN2O3. The number of fused-ring (bicyclic) bond motifs is 1. The standard InChI is InChI=1S/C25H23ClN2O3/c1-30-23-12-6-7-13-24(23)31-16-25(29)28-15-19(17-8-2-4-10-21(17)26)20-14-27-22-11-5-3-9-18(20)22/h2-14,19,27H,15-16H2,1H3,(H,28,29)/t19-/m1/s1. The van der Waals surface area contributed by atoms with Crippen molar-refractivity contribution in [3.8, 4) is 11.5 Å². The Morgan fingerprint density at radius 2 is 1.68 bits per heavy atom. The largest absolute Gasteiger partial charge is 0.493 e. The van der Waals surface area contributed by atoms with Crippen molar-refractivity contribution < 1.29 is 14.3 Å². The van der Waals surface area contributed by atoms with Gasteiger partial charge in [0.05, 0.1) is 7.11 Å². The Hall–Kier alpha value is -3.44. The highest BCUT2D eigenvalue weighted by molar-refractivity contribution is 6.31. The van der Waals surface area contributed by atoms with Crippen LogP contribution in [-0.2, 0) is 4.79 Å². The van der Waals surface area contributed by atoms with E-state index in [2.05, 4.69) is 16.4 Å². The van der Waals surface area contributed by atoms with Crippen molar-refractivity contribution in [2.45, 2.75) is 5.92 Å². The van der Waals surface area contributed by atoms with Crippen LogP contribution in [-0.4, -0.2) is 31.2 Å². The monoisotopic (exact) mass is 434 g/mol. The van der Waals surface area contributed by atoms with Crippen LogP contribution in [0.1, 0.15) is 17.0 Å². The van der Waals surface area contributed by atoms with Gasteiger partial charge in [-0.25, -0.2) is 0 Å². The van der Waals surface area contributed by atoms with E-state index in [-0.39, 0.29) is 18.4 Å². The molecule has 158 valence electrons. The summed E-state index contributed by atoms with van der Waals surface area (Å²) in [6.45, 7) is 0.281. The second-order valence-corrected chi connectivity index (χ2v) is 7.51. The van der Waals surface area contributed by atoms with Crippen LogP contribution in [0, 0.1) is 0 Å². The van der Waals surface area contributed by atoms with Crippen molar-refractivity contribution in [3.05, 3.63) is 95.1 Å². The molecule has 0 aliphatic heterocycles. The van der Waals surface area contributed by atoms with Gasteiger partial charge < -0.3 is 19.8 Å². The summed E-state index contributed by atoms with van der Waals surface area (Å²) in [5.74, 6) is 0.783. The van der Waals surface area contributed by atoms with Gasteiger partial charge in [-0.05, 0) is 35.4 Å². The van der Waals surface area contributed by atoms with Crippen molar-refractivity contribution in [3.63, 3.8) is 0 Å². The minimum Gasteiger partial charge on any atom is -0.493 e. The number of amides is 1. The maximum Gasteiger partial charge on any atom is 0.257 e. The molecule has 1 amide bonds. The van der Waals surface area contributed by atoms with Crippen molar-refractivity contribution in [1.29, 1.82) is 0 Å². The number of benzene rings is 3. The average molecular weight is 435 g/mol. The summed E-state index contributed by atoms with van der Waals surface area (Å²) in [5.41, 5.74) is 3.08. The molecule has 0 aliphatic rings. The van der Waals surface area contributed by atoms with Gasteiger partial charge in [0.25, 0.3) is 5.91 Å². The van der Waals surface area contributed by atoms with Gasteiger partial charge >= 0.3 is 0 Å². The van der Waals surface area contributed by atoms with E-state index >= 15 is 0 Å². The van der Waals surface area contributed by atoms with E-state index in [4.69, 9.17) is 21.1 Å². The molecule has 0 radical (unpaired) electrons. The van der Waals surface area contributed by atoms with Gasteiger partial charge in [-0.2, -0.15) is 0 Å². The van der Waals surface area contributed by atoms with Crippen molar-refractivity contribution in [2.75, 3.05) is 20.3 Å². The molecule has 4 rings (SSSR count). The van der Waals surface area contributed by atoms with Gasteiger partial charge in [0, 0.05) is 34.6 Å². The second-order valence-electron chi connectivity index (χ2n) is 7.11. The number of carbonyl (C=O) groups is 1. The number of halogens is 1. The molecule has 4 aromatic rings. The Morgan fingerprint density at radius 3 is 2.48 bits per heavy atom. The Kier molecular flexibility index (Phi) is 6.43. The normalized spacial score (nSPS) is 11.8. The molecule has 3 aromatic carbocycles. The molecule has 0 spiro atoms. The molecule has 0 saturated heterocycles. The summed E-state index contributed by atoms with van der Waals surface area (Å²) in [4.78, 5) is 15.9. The highest BCUT2D eigenvalue weighted by Gasteiger charge is 2.21. The topological polar surface area (TPSA) is 63.4 Å². The van der Waals surface area contributed by atoms with E-state index in [9.17, 15) is 4.79 Å². The van der Waals surface area contributed by atoms with Crippen LogP contribution in [0.5, 0.6) is 11.5 Å². The highest BCUT2D eigenvalue weighted by Crippen LogP contribution is 2.34. The molecule has 2 N–H and O–H groups in total. The number of aromatic nitrogens is 1. The first kappa shape index (κ1) is 20.8. The lowest BCUT2D eigenvalue weighted by Crippen LogP contribution is -2.33. The lowest BCUT2D eigenvalue weighted by Gasteiger charge is -2.19. The first-order chi connectivity index (χ1) is 15.2. The minimum absolute atomic E-state index is 0.108.